The van der Waals surface area contributed by atoms with Crippen LogP contribution in [0.4, 0.5) is 5.69 Å². The van der Waals surface area contributed by atoms with Crippen molar-refractivity contribution in [1.82, 2.24) is 5.32 Å². The summed E-state index contributed by atoms with van der Waals surface area (Å²) in [5.41, 5.74) is 1.74. The second-order valence-electron chi connectivity index (χ2n) is 7.22. The van der Waals surface area contributed by atoms with Gasteiger partial charge in [0.05, 0.1) is 28.1 Å². The van der Waals surface area contributed by atoms with Gasteiger partial charge in [-0.25, -0.2) is 0 Å². The van der Waals surface area contributed by atoms with Crippen LogP contribution in [0.3, 0.4) is 0 Å². The second-order valence-corrected chi connectivity index (χ2v) is 11.1. The van der Waals surface area contributed by atoms with Crippen LogP contribution in [0.2, 0.25) is 0 Å². The van der Waals surface area contributed by atoms with E-state index in [1.54, 1.807) is 22.7 Å². The molecule has 166 valence electrons. The molecule has 9 heteroatoms. The molecule has 0 saturated heterocycles. The molecular weight excluding hydrogens is 488 g/mol. The fourth-order valence-electron chi connectivity index (χ4n) is 3.63. The van der Waals surface area contributed by atoms with Crippen molar-refractivity contribution in [1.29, 1.82) is 0 Å². The number of nitrogens with one attached hydrogen (secondary N) is 1. The number of unbranched alkanes of at least 4 members (excludes halogenated alkanes) is 3. The summed E-state index contributed by atoms with van der Waals surface area (Å²) in [5, 5.41) is 5.62. The van der Waals surface area contributed by atoms with Crippen molar-refractivity contribution >= 4 is 49.7 Å². The minimum absolute atomic E-state index is 0.0984. The van der Waals surface area contributed by atoms with Crippen molar-refractivity contribution in [3.8, 4) is 0 Å². The van der Waals surface area contributed by atoms with Gasteiger partial charge in [-0.05, 0) is 55.5 Å². The van der Waals surface area contributed by atoms with E-state index < -0.39 is 10.8 Å². The van der Waals surface area contributed by atoms with Gasteiger partial charge in [-0.15, -0.1) is 11.3 Å². The summed E-state index contributed by atoms with van der Waals surface area (Å²) in [7, 11) is -1.39. The Labute approximate surface area is 192 Å². The number of anilines is 1. The smallest absolute Gasteiger partial charge is 0.305 e. The molecule has 1 aromatic carbocycles. The number of nitrogens with zero attached hydrogens (tertiary/aromatic N) is 1. The highest BCUT2D eigenvalue weighted by atomic mass is 79.9. The number of benzene rings is 1. The van der Waals surface area contributed by atoms with Gasteiger partial charge in [0.2, 0.25) is 0 Å². The fourth-order valence-corrected chi connectivity index (χ4v) is 6.73. The van der Waals surface area contributed by atoms with Crippen LogP contribution >= 0.6 is 38.0 Å². The number of thiophene rings is 1. The molecule has 2 heterocycles. The molecule has 3 rings (SSSR count). The lowest BCUT2D eigenvalue weighted by Gasteiger charge is -2.41. The lowest BCUT2D eigenvalue weighted by molar-refractivity contribution is -0.143. The average Bonchev–Trinajstić information content (AvgIpc) is 3.17. The Balaban J connectivity index is 1.67. The number of halogens is 1. The Kier molecular flexibility index (Phi) is 8.23. The first kappa shape index (κ1) is 23.6. The zero-order chi connectivity index (χ0) is 21.7. The third-order valence-corrected chi connectivity index (χ3v) is 8.57. The monoisotopic (exact) mass is 516 g/mol. The standard InChI is InChI=1S/C21H29BrN2O4S2/c1-3-28-19(25)8-6-4-5-7-12-23-20-16-10-9-15(22)14-18(16)30(26,27)24(2)17-11-13-29-21(17)20/h9-11,13-14,20,23,26-27H,3-8,12H2,1-2H3. The lowest BCUT2D eigenvalue weighted by atomic mass is 10.0. The normalized spacial score (nSPS) is 18.3. The number of ether oxygens (including phenoxy) is 1. The first-order chi connectivity index (χ1) is 14.4. The third kappa shape index (κ3) is 5.20. The van der Waals surface area contributed by atoms with E-state index in [-0.39, 0.29) is 12.0 Å². The Morgan fingerprint density at radius 1 is 1.27 bits per heavy atom. The van der Waals surface area contributed by atoms with Gasteiger partial charge in [-0.1, -0.05) is 45.6 Å². The molecule has 0 aliphatic carbocycles. The zero-order valence-electron chi connectivity index (χ0n) is 17.3. The molecule has 1 aliphatic rings. The van der Waals surface area contributed by atoms with Crippen molar-refractivity contribution in [2.24, 2.45) is 0 Å². The molecule has 0 radical (unpaired) electrons. The molecule has 0 fully saturated rings. The molecule has 1 aliphatic heterocycles. The molecule has 1 unspecified atom stereocenters. The van der Waals surface area contributed by atoms with Crippen LogP contribution in [0.25, 0.3) is 0 Å². The van der Waals surface area contributed by atoms with Crippen LogP contribution in [-0.2, 0) is 9.53 Å². The number of hydrogen-bond acceptors (Lipinski definition) is 7. The van der Waals surface area contributed by atoms with Crippen molar-refractivity contribution < 1.29 is 18.6 Å². The minimum atomic E-state index is -3.13. The van der Waals surface area contributed by atoms with E-state index in [0.29, 0.717) is 17.9 Å². The van der Waals surface area contributed by atoms with Gasteiger partial charge in [-0.3, -0.25) is 18.2 Å². The molecule has 2 aromatic rings. The Morgan fingerprint density at radius 3 is 2.80 bits per heavy atom. The van der Waals surface area contributed by atoms with E-state index in [0.717, 1.165) is 52.8 Å². The topological polar surface area (TPSA) is 82.0 Å². The second kappa shape index (κ2) is 10.5. The number of carbonyl (C=O) groups excluding carboxylic acids is 1. The summed E-state index contributed by atoms with van der Waals surface area (Å²) in [6.45, 7) is 3.07. The van der Waals surface area contributed by atoms with Crippen LogP contribution in [0.1, 0.15) is 55.5 Å². The summed E-state index contributed by atoms with van der Waals surface area (Å²) in [5.74, 6) is -0.120. The fraction of sp³-hybridized carbons (Fsp3) is 0.476. The summed E-state index contributed by atoms with van der Waals surface area (Å²) >= 11 is 5.09. The maximum absolute atomic E-state index is 11.4. The zero-order valence-corrected chi connectivity index (χ0v) is 20.5. The molecule has 3 N–H and O–H groups in total. The average molecular weight is 518 g/mol. The molecule has 6 nitrogen and oxygen atoms in total. The largest absolute Gasteiger partial charge is 0.466 e. The van der Waals surface area contributed by atoms with Gasteiger partial charge in [0.1, 0.15) is 0 Å². The van der Waals surface area contributed by atoms with Crippen LogP contribution in [0, 0.1) is 0 Å². The first-order valence-corrected chi connectivity index (χ1v) is 13.3. The number of rotatable bonds is 9. The maximum atomic E-state index is 11.4. The molecule has 0 saturated carbocycles. The molecule has 0 spiro atoms. The molecule has 0 bridgehead atoms. The summed E-state index contributed by atoms with van der Waals surface area (Å²) in [6.07, 6.45) is 4.33. The van der Waals surface area contributed by atoms with E-state index in [1.807, 2.05) is 36.6 Å². The SMILES string of the molecule is CCOC(=O)CCCCCCNC1c2ccc(Br)cc2S(O)(O)N(C)c2ccsc21. The summed E-state index contributed by atoms with van der Waals surface area (Å²) in [4.78, 5) is 13.0. The molecule has 30 heavy (non-hydrogen) atoms. The predicted octanol–water partition coefficient (Wildman–Crippen LogP) is 6.18. The molecular formula is C21H29BrN2O4S2. The Bertz CT molecular complexity index is 874. The minimum Gasteiger partial charge on any atom is -0.466 e. The van der Waals surface area contributed by atoms with Gasteiger partial charge >= 0.3 is 5.97 Å². The van der Waals surface area contributed by atoms with E-state index >= 15 is 0 Å². The number of carbonyl (C=O) groups is 1. The van der Waals surface area contributed by atoms with Crippen LogP contribution in [0.15, 0.2) is 39.0 Å². The third-order valence-electron chi connectivity index (χ3n) is 5.20. The van der Waals surface area contributed by atoms with Crippen LogP contribution in [0.5, 0.6) is 0 Å². The van der Waals surface area contributed by atoms with Crippen LogP contribution < -0.4 is 9.62 Å². The van der Waals surface area contributed by atoms with Crippen molar-refractivity contribution in [2.75, 3.05) is 24.5 Å². The van der Waals surface area contributed by atoms with Crippen molar-refractivity contribution in [3.05, 3.63) is 44.6 Å². The number of esters is 1. The number of fused-ring (bicyclic) bond motifs is 2. The molecule has 1 aromatic heterocycles. The van der Waals surface area contributed by atoms with Crippen molar-refractivity contribution in [3.63, 3.8) is 0 Å². The Hall–Kier alpha value is -1.10. The predicted molar refractivity (Wildman–Crippen MR) is 128 cm³/mol. The maximum Gasteiger partial charge on any atom is 0.305 e. The highest BCUT2D eigenvalue weighted by Gasteiger charge is 2.36. The molecule has 0 amide bonds. The van der Waals surface area contributed by atoms with Gasteiger partial charge < -0.3 is 10.1 Å². The highest BCUT2D eigenvalue weighted by Crippen LogP contribution is 2.60. The van der Waals surface area contributed by atoms with Gasteiger partial charge in [-0.2, -0.15) is 0 Å². The lowest BCUT2D eigenvalue weighted by Crippen LogP contribution is -2.23. The molecule has 1 atom stereocenters. The highest BCUT2D eigenvalue weighted by molar-refractivity contribution is 9.10. The Morgan fingerprint density at radius 2 is 2.03 bits per heavy atom. The first-order valence-electron chi connectivity index (χ1n) is 10.1. The quantitative estimate of drug-likeness (QED) is 0.272. The summed E-state index contributed by atoms with van der Waals surface area (Å²) in [6, 6.07) is 7.56. The number of hydrogen-bond donors (Lipinski definition) is 3. The van der Waals surface area contributed by atoms with Crippen molar-refractivity contribution in [2.45, 2.75) is 50.0 Å². The van der Waals surface area contributed by atoms with E-state index in [2.05, 4.69) is 21.2 Å². The van der Waals surface area contributed by atoms with E-state index in [4.69, 9.17) is 4.74 Å². The van der Waals surface area contributed by atoms with Gasteiger partial charge in [0.25, 0.3) is 0 Å². The van der Waals surface area contributed by atoms with Gasteiger partial charge in [0, 0.05) is 17.9 Å². The summed E-state index contributed by atoms with van der Waals surface area (Å²) < 4.78 is 29.4. The van der Waals surface area contributed by atoms with Gasteiger partial charge in [0.15, 0.2) is 0 Å². The van der Waals surface area contributed by atoms with Crippen LogP contribution in [-0.4, -0.2) is 35.3 Å². The van der Waals surface area contributed by atoms with E-state index in [9.17, 15) is 13.9 Å². The van der Waals surface area contributed by atoms with E-state index in [1.165, 1.54) is 0 Å².